The number of nitrogens with one attached hydrogen (secondary N) is 2. The zero-order chi connectivity index (χ0) is 19.5. The van der Waals surface area contributed by atoms with Crippen LogP contribution in [0.1, 0.15) is 31.1 Å². The van der Waals surface area contributed by atoms with Crippen LogP contribution in [0.5, 0.6) is 0 Å². The van der Waals surface area contributed by atoms with Gasteiger partial charge in [0.05, 0.1) is 23.2 Å². The number of anilines is 1. The highest BCUT2D eigenvalue weighted by atomic mass is 35.5. The third-order valence-corrected chi connectivity index (χ3v) is 3.85. The minimum Gasteiger partial charge on any atom is -0.444 e. The van der Waals surface area contributed by atoms with Crippen molar-refractivity contribution in [2.24, 2.45) is 0 Å². The second kappa shape index (κ2) is 8.07. The normalized spacial score (nSPS) is 14.8. The molecule has 1 aliphatic heterocycles. The molecule has 0 aliphatic carbocycles. The number of alkyl halides is 2. The monoisotopic (exact) mass is 389 g/mol. The molecule has 9 heteroatoms. The van der Waals surface area contributed by atoms with Gasteiger partial charge in [0.15, 0.2) is 0 Å². The van der Waals surface area contributed by atoms with Gasteiger partial charge in [0.1, 0.15) is 5.60 Å². The van der Waals surface area contributed by atoms with E-state index < -0.39 is 24.5 Å². The molecular formula is C17H22ClF2N3O3. The van der Waals surface area contributed by atoms with Crippen LogP contribution in [0.15, 0.2) is 18.2 Å². The van der Waals surface area contributed by atoms with Crippen molar-refractivity contribution in [2.45, 2.75) is 38.8 Å². The van der Waals surface area contributed by atoms with Gasteiger partial charge in [-0.2, -0.15) is 0 Å². The molecule has 2 rings (SSSR count). The number of amides is 2. The van der Waals surface area contributed by atoms with E-state index in [-0.39, 0.29) is 22.7 Å². The van der Waals surface area contributed by atoms with Crippen LogP contribution >= 0.6 is 11.6 Å². The molecule has 0 unspecified atom stereocenters. The van der Waals surface area contributed by atoms with Crippen molar-refractivity contribution in [3.05, 3.63) is 28.8 Å². The first-order valence-corrected chi connectivity index (χ1v) is 8.53. The maximum absolute atomic E-state index is 12.1. The van der Waals surface area contributed by atoms with E-state index in [0.29, 0.717) is 18.8 Å². The third kappa shape index (κ3) is 5.72. The molecule has 6 nitrogen and oxygen atoms in total. The molecule has 0 spiro atoms. The van der Waals surface area contributed by atoms with Crippen molar-refractivity contribution in [1.29, 1.82) is 0 Å². The van der Waals surface area contributed by atoms with Gasteiger partial charge in [-0.1, -0.05) is 11.6 Å². The molecule has 2 amide bonds. The van der Waals surface area contributed by atoms with Gasteiger partial charge in [0.2, 0.25) is 0 Å². The fourth-order valence-corrected chi connectivity index (χ4v) is 2.60. The number of hydrogen-bond acceptors (Lipinski definition) is 4. The fourth-order valence-electron chi connectivity index (χ4n) is 2.34. The van der Waals surface area contributed by atoms with Crippen LogP contribution in [0.25, 0.3) is 0 Å². The number of carbonyl (C=O) groups is 2. The molecule has 144 valence electrons. The molecule has 1 heterocycles. The molecule has 0 atom stereocenters. The summed E-state index contributed by atoms with van der Waals surface area (Å²) in [4.78, 5) is 25.3. The molecule has 0 bridgehead atoms. The van der Waals surface area contributed by atoms with Crippen molar-refractivity contribution in [2.75, 3.05) is 25.0 Å². The largest absolute Gasteiger partial charge is 0.444 e. The molecule has 0 radical (unpaired) electrons. The van der Waals surface area contributed by atoms with E-state index in [1.807, 2.05) is 0 Å². The summed E-state index contributed by atoms with van der Waals surface area (Å²) >= 11 is 6.06. The van der Waals surface area contributed by atoms with Crippen molar-refractivity contribution in [3.8, 4) is 0 Å². The van der Waals surface area contributed by atoms with Gasteiger partial charge >= 0.3 is 6.09 Å². The van der Waals surface area contributed by atoms with Gasteiger partial charge in [-0.15, -0.1) is 0 Å². The average Bonchev–Trinajstić information content (AvgIpc) is 2.46. The van der Waals surface area contributed by atoms with Crippen LogP contribution in [-0.4, -0.2) is 54.6 Å². The Morgan fingerprint density at radius 3 is 2.54 bits per heavy atom. The Morgan fingerprint density at radius 1 is 1.35 bits per heavy atom. The number of nitrogens with zero attached hydrogens (tertiary/aromatic N) is 1. The van der Waals surface area contributed by atoms with E-state index in [2.05, 4.69) is 10.6 Å². The highest BCUT2D eigenvalue weighted by Gasteiger charge is 2.33. The van der Waals surface area contributed by atoms with Crippen LogP contribution in [0.3, 0.4) is 0 Å². The Morgan fingerprint density at radius 2 is 2.00 bits per heavy atom. The summed E-state index contributed by atoms with van der Waals surface area (Å²) < 4.78 is 29.6. The van der Waals surface area contributed by atoms with E-state index in [1.54, 1.807) is 37.8 Å². The summed E-state index contributed by atoms with van der Waals surface area (Å²) in [6.07, 6.45) is -2.98. The van der Waals surface area contributed by atoms with Crippen molar-refractivity contribution in [1.82, 2.24) is 10.2 Å². The van der Waals surface area contributed by atoms with E-state index >= 15 is 0 Å². The number of benzene rings is 1. The minimum atomic E-state index is -2.62. The van der Waals surface area contributed by atoms with Crippen LogP contribution in [0.4, 0.5) is 19.3 Å². The van der Waals surface area contributed by atoms with Crippen LogP contribution in [0.2, 0.25) is 5.02 Å². The van der Waals surface area contributed by atoms with E-state index in [9.17, 15) is 18.4 Å². The predicted octanol–water partition coefficient (Wildman–Crippen LogP) is 3.37. The molecule has 26 heavy (non-hydrogen) atoms. The maximum atomic E-state index is 12.1. The number of carbonyl (C=O) groups excluding carboxylic acids is 2. The lowest BCUT2D eigenvalue weighted by atomic mass is 10.1. The molecule has 1 saturated heterocycles. The topological polar surface area (TPSA) is 70.7 Å². The van der Waals surface area contributed by atoms with Crippen LogP contribution in [0, 0.1) is 0 Å². The number of rotatable bonds is 5. The Balaban J connectivity index is 1.86. The standard InChI is InChI=1S/C17H22ClF2N3O3/c1-17(2,3)26-16(25)23-8-11(9-23)22-10-4-5-12(13(18)6-10)15(24)21-7-14(19)20/h4-6,11,14,22H,7-9H2,1-3H3,(H,21,24). The zero-order valence-electron chi connectivity index (χ0n) is 14.8. The summed E-state index contributed by atoms with van der Waals surface area (Å²) in [6.45, 7) is 5.67. The number of halogens is 3. The van der Waals surface area contributed by atoms with Gasteiger partial charge in [0.25, 0.3) is 12.3 Å². The van der Waals surface area contributed by atoms with Gasteiger partial charge in [-0.05, 0) is 39.0 Å². The molecular weight excluding hydrogens is 368 g/mol. The average molecular weight is 390 g/mol. The summed E-state index contributed by atoms with van der Waals surface area (Å²) in [5.41, 5.74) is 0.264. The lowest BCUT2D eigenvalue weighted by molar-refractivity contribution is 0.0105. The zero-order valence-corrected chi connectivity index (χ0v) is 15.6. The third-order valence-electron chi connectivity index (χ3n) is 3.53. The maximum Gasteiger partial charge on any atom is 0.410 e. The number of likely N-dealkylation sites (tertiary alicyclic amines) is 1. The SMILES string of the molecule is CC(C)(C)OC(=O)N1CC(Nc2ccc(C(=O)NCC(F)F)c(Cl)c2)C1. The first-order chi connectivity index (χ1) is 12.0. The Labute approximate surface area is 155 Å². The molecule has 1 fully saturated rings. The molecule has 0 aromatic heterocycles. The van der Waals surface area contributed by atoms with Gasteiger partial charge in [-0.3, -0.25) is 4.79 Å². The second-order valence-electron chi connectivity index (χ2n) is 7.02. The number of ether oxygens (including phenoxy) is 1. The molecule has 1 aliphatic rings. The molecule has 1 aromatic carbocycles. The van der Waals surface area contributed by atoms with Crippen LogP contribution in [-0.2, 0) is 4.74 Å². The van der Waals surface area contributed by atoms with Crippen molar-refractivity contribution in [3.63, 3.8) is 0 Å². The van der Waals surface area contributed by atoms with Gasteiger partial charge in [-0.25, -0.2) is 13.6 Å². The Hall–Kier alpha value is -2.09. The summed E-state index contributed by atoms with van der Waals surface area (Å²) in [5.74, 6) is -0.651. The quantitative estimate of drug-likeness (QED) is 0.810. The highest BCUT2D eigenvalue weighted by molar-refractivity contribution is 6.34. The van der Waals surface area contributed by atoms with Gasteiger partial charge < -0.3 is 20.3 Å². The fraction of sp³-hybridized carbons (Fsp3) is 0.529. The Kier molecular flexibility index (Phi) is 6.28. The van der Waals surface area contributed by atoms with E-state index in [4.69, 9.17) is 16.3 Å². The van der Waals surface area contributed by atoms with Crippen LogP contribution < -0.4 is 10.6 Å². The van der Waals surface area contributed by atoms with Gasteiger partial charge in [0, 0.05) is 18.8 Å². The lowest BCUT2D eigenvalue weighted by Gasteiger charge is -2.40. The first-order valence-electron chi connectivity index (χ1n) is 8.15. The van der Waals surface area contributed by atoms with Crippen molar-refractivity contribution >= 4 is 29.3 Å². The smallest absolute Gasteiger partial charge is 0.410 e. The van der Waals surface area contributed by atoms with E-state index in [0.717, 1.165) is 0 Å². The lowest BCUT2D eigenvalue weighted by Crippen LogP contribution is -2.57. The predicted molar refractivity (Wildman–Crippen MR) is 95.0 cm³/mol. The second-order valence-corrected chi connectivity index (χ2v) is 7.43. The first kappa shape index (κ1) is 20.2. The molecule has 0 saturated carbocycles. The minimum absolute atomic E-state index is 0.0390. The molecule has 2 N–H and O–H groups in total. The Bertz CT molecular complexity index is 674. The summed E-state index contributed by atoms with van der Waals surface area (Å²) in [7, 11) is 0. The molecule has 1 aromatic rings. The highest BCUT2D eigenvalue weighted by Crippen LogP contribution is 2.24. The summed E-state index contributed by atoms with van der Waals surface area (Å²) in [5, 5.41) is 5.46. The van der Waals surface area contributed by atoms with E-state index in [1.165, 1.54) is 6.07 Å². The summed E-state index contributed by atoms with van der Waals surface area (Å²) in [6, 6.07) is 4.70. The van der Waals surface area contributed by atoms with Crippen molar-refractivity contribution < 1.29 is 23.1 Å². The number of hydrogen-bond donors (Lipinski definition) is 2.